The van der Waals surface area contributed by atoms with E-state index in [1.165, 1.54) is 31.1 Å². The Morgan fingerprint density at radius 2 is 1.79 bits per heavy atom. The first-order valence-corrected chi connectivity index (χ1v) is 13.1. The zero-order chi connectivity index (χ0) is 29.0. The molecule has 3 aliphatic rings. The largest absolute Gasteiger partial charge is 0.508 e. The number of nitrogens with one attached hydrogen (secondary N) is 1. The third-order valence-corrected chi connectivity index (χ3v) is 8.44. The van der Waals surface area contributed by atoms with Crippen LogP contribution in [0.1, 0.15) is 54.6 Å². The Labute approximate surface area is 226 Å². The number of aliphatic hydroxyl groups is 3. The maximum Gasteiger partial charge on any atom is 0.255 e. The van der Waals surface area contributed by atoms with Crippen molar-refractivity contribution in [2.75, 3.05) is 20.6 Å². The molecule has 0 unspecified atom stereocenters. The van der Waals surface area contributed by atoms with E-state index in [2.05, 4.69) is 5.32 Å². The van der Waals surface area contributed by atoms with Gasteiger partial charge in [0.05, 0.1) is 18.2 Å². The molecule has 1 fully saturated rings. The van der Waals surface area contributed by atoms with Gasteiger partial charge in [0.15, 0.2) is 17.2 Å². The second-order valence-corrected chi connectivity index (χ2v) is 10.8. The highest BCUT2D eigenvalue weighted by molar-refractivity contribution is 6.24. The Kier molecular flexibility index (Phi) is 7.46. The standard InChI is InChI=1S/C28H35N3O8/c1-5-13(6-2)30-11-18(33)14-7-8-17(32)20-15(14)9-12-10-16-22(31(3)4)24(35)21(27(29)38)26(37)28(16,39)25(36)19(12)23(20)34/h7-8,12-13,16,22,30,32,34,37,39H,5-6,9-11H2,1-4H3,(H2,29,38)/t12-,16-,22-,28-/m0/s1. The number of nitrogens with two attached hydrogens (primary N) is 1. The van der Waals surface area contributed by atoms with Crippen molar-refractivity contribution < 1.29 is 39.6 Å². The highest BCUT2D eigenvalue weighted by Crippen LogP contribution is 2.52. The molecular weight excluding hydrogens is 506 g/mol. The lowest BCUT2D eigenvalue weighted by Gasteiger charge is -2.50. The zero-order valence-corrected chi connectivity index (χ0v) is 22.4. The van der Waals surface area contributed by atoms with Crippen molar-refractivity contribution >= 4 is 29.0 Å². The molecule has 1 aromatic rings. The van der Waals surface area contributed by atoms with E-state index in [-0.39, 0.29) is 53.7 Å². The fourth-order valence-corrected chi connectivity index (χ4v) is 6.41. The summed E-state index contributed by atoms with van der Waals surface area (Å²) in [5.41, 5.74) is 2.06. The lowest BCUT2D eigenvalue weighted by molar-refractivity contribution is -0.153. The SMILES string of the molecule is CCC(CC)NCC(=O)c1ccc(O)c2c1C[C@H]1C[C@H]3[C@H](N(C)C)C(=O)C(C(N)=O)=C(O)[C@@]3(O)C(=O)C1=C2O. The van der Waals surface area contributed by atoms with Gasteiger partial charge in [0.25, 0.3) is 5.91 Å². The number of phenolic OH excluding ortho intramolecular Hbond substituents is 1. The quantitative estimate of drug-likeness (QED) is 0.204. The molecule has 11 heteroatoms. The number of nitrogens with zero attached hydrogens (tertiary/aromatic N) is 1. The van der Waals surface area contributed by atoms with Gasteiger partial charge in [-0.15, -0.1) is 0 Å². The van der Waals surface area contributed by atoms with Gasteiger partial charge in [-0.3, -0.25) is 24.1 Å². The molecule has 0 spiro atoms. The molecule has 39 heavy (non-hydrogen) atoms. The summed E-state index contributed by atoms with van der Waals surface area (Å²) in [6, 6.07) is 1.71. The van der Waals surface area contributed by atoms with Crippen molar-refractivity contribution in [3.63, 3.8) is 0 Å². The topological polar surface area (TPSA) is 190 Å². The third-order valence-electron chi connectivity index (χ3n) is 8.44. The second kappa shape index (κ2) is 10.2. The minimum Gasteiger partial charge on any atom is -0.508 e. The van der Waals surface area contributed by atoms with Gasteiger partial charge in [0.2, 0.25) is 5.78 Å². The number of primary amides is 1. The van der Waals surface area contributed by atoms with Crippen LogP contribution in [0.15, 0.2) is 29.0 Å². The van der Waals surface area contributed by atoms with Gasteiger partial charge in [-0.05, 0) is 63.4 Å². The minimum atomic E-state index is -2.70. The highest BCUT2D eigenvalue weighted by atomic mass is 16.3. The summed E-state index contributed by atoms with van der Waals surface area (Å²) >= 11 is 0. The molecule has 4 rings (SSSR count). The number of aromatic hydroxyl groups is 1. The van der Waals surface area contributed by atoms with E-state index in [0.717, 1.165) is 12.8 Å². The monoisotopic (exact) mass is 541 g/mol. The maximum absolute atomic E-state index is 13.9. The number of benzene rings is 1. The van der Waals surface area contributed by atoms with Crippen LogP contribution >= 0.6 is 0 Å². The van der Waals surface area contributed by atoms with Gasteiger partial charge in [0.1, 0.15) is 22.8 Å². The van der Waals surface area contributed by atoms with Crippen LogP contribution in [-0.4, -0.2) is 86.9 Å². The Hall–Kier alpha value is -3.54. The number of aliphatic hydroxyl groups excluding tert-OH is 2. The number of carbonyl (C=O) groups is 4. The molecule has 0 heterocycles. The van der Waals surface area contributed by atoms with E-state index in [1.54, 1.807) is 0 Å². The first-order valence-electron chi connectivity index (χ1n) is 13.1. The molecule has 0 aliphatic heterocycles. The van der Waals surface area contributed by atoms with Crippen molar-refractivity contribution in [3.05, 3.63) is 45.7 Å². The molecule has 1 aromatic carbocycles. The van der Waals surface area contributed by atoms with E-state index >= 15 is 0 Å². The number of fused-ring (bicyclic) bond motifs is 3. The Morgan fingerprint density at radius 1 is 1.15 bits per heavy atom. The summed E-state index contributed by atoms with van der Waals surface area (Å²) in [5.74, 6) is -7.48. The van der Waals surface area contributed by atoms with Crippen LogP contribution in [0.25, 0.3) is 5.76 Å². The minimum absolute atomic E-state index is 0.0403. The molecule has 0 saturated heterocycles. The van der Waals surface area contributed by atoms with E-state index in [9.17, 15) is 39.6 Å². The molecule has 7 N–H and O–H groups in total. The van der Waals surface area contributed by atoms with Crippen LogP contribution in [0.3, 0.4) is 0 Å². The van der Waals surface area contributed by atoms with E-state index in [0.29, 0.717) is 5.56 Å². The Balaban J connectivity index is 1.86. The summed E-state index contributed by atoms with van der Waals surface area (Å²) in [6.45, 7) is 4.06. The normalized spacial score (nSPS) is 26.6. The molecule has 1 amide bonds. The molecule has 0 bridgehead atoms. The zero-order valence-electron chi connectivity index (χ0n) is 22.4. The van der Waals surface area contributed by atoms with Gasteiger partial charge >= 0.3 is 0 Å². The molecule has 11 nitrogen and oxygen atoms in total. The fourth-order valence-electron chi connectivity index (χ4n) is 6.41. The molecule has 0 radical (unpaired) electrons. The summed E-state index contributed by atoms with van der Waals surface area (Å²) in [5, 5.41) is 47.7. The molecule has 210 valence electrons. The second-order valence-electron chi connectivity index (χ2n) is 10.8. The van der Waals surface area contributed by atoms with Crippen LogP contribution in [0.5, 0.6) is 5.75 Å². The fraction of sp³-hybridized carbons (Fsp3) is 0.500. The number of hydrogen-bond donors (Lipinski definition) is 6. The lowest BCUT2D eigenvalue weighted by atomic mass is 9.57. The molecule has 1 saturated carbocycles. The number of amides is 1. The van der Waals surface area contributed by atoms with Gasteiger partial charge < -0.3 is 31.5 Å². The predicted octanol–water partition coefficient (Wildman–Crippen LogP) is 0.925. The third kappa shape index (κ3) is 4.25. The Morgan fingerprint density at radius 3 is 2.36 bits per heavy atom. The smallest absolute Gasteiger partial charge is 0.255 e. The van der Waals surface area contributed by atoms with Crippen molar-refractivity contribution in [3.8, 4) is 5.75 Å². The average Bonchev–Trinajstić information content (AvgIpc) is 2.86. The summed E-state index contributed by atoms with van der Waals surface area (Å²) < 4.78 is 0. The van der Waals surface area contributed by atoms with E-state index < -0.39 is 58.0 Å². The molecule has 3 aliphatic carbocycles. The first-order chi connectivity index (χ1) is 18.3. The summed E-state index contributed by atoms with van der Waals surface area (Å²) in [4.78, 5) is 53.8. The highest BCUT2D eigenvalue weighted by Gasteiger charge is 2.64. The van der Waals surface area contributed by atoms with E-state index in [4.69, 9.17) is 5.73 Å². The number of ketones is 3. The number of hydrogen-bond acceptors (Lipinski definition) is 10. The van der Waals surface area contributed by atoms with Crippen molar-refractivity contribution in [1.29, 1.82) is 0 Å². The van der Waals surface area contributed by atoms with Gasteiger partial charge in [-0.25, -0.2) is 0 Å². The summed E-state index contributed by atoms with van der Waals surface area (Å²) in [6.07, 6.45) is 1.70. The molecule has 0 aromatic heterocycles. The average molecular weight is 542 g/mol. The number of Topliss-reactive ketones (excluding diaryl/α,β-unsaturated/α-hetero) is 3. The van der Waals surface area contributed by atoms with Gasteiger partial charge in [-0.1, -0.05) is 13.8 Å². The van der Waals surface area contributed by atoms with Crippen LogP contribution in [0.2, 0.25) is 0 Å². The lowest BCUT2D eigenvalue weighted by Crippen LogP contribution is -2.65. The first kappa shape index (κ1) is 28.5. The van der Waals surface area contributed by atoms with Gasteiger partial charge in [-0.2, -0.15) is 0 Å². The van der Waals surface area contributed by atoms with Crippen molar-refractivity contribution in [1.82, 2.24) is 10.2 Å². The van der Waals surface area contributed by atoms with E-state index in [1.807, 2.05) is 13.8 Å². The van der Waals surface area contributed by atoms with Crippen LogP contribution in [0.4, 0.5) is 0 Å². The Bertz CT molecular complexity index is 1330. The van der Waals surface area contributed by atoms with Crippen molar-refractivity contribution in [2.45, 2.75) is 57.2 Å². The van der Waals surface area contributed by atoms with Crippen LogP contribution in [-0.2, 0) is 20.8 Å². The summed E-state index contributed by atoms with van der Waals surface area (Å²) in [7, 11) is 3.07. The van der Waals surface area contributed by atoms with Gasteiger partial charge in [0, 0.05) is 23.1 Å². The molecule has 4 atom stereocenters. The van der Waals surface area contributed by atoms with Crippen molar-refractivity contribution in [2.24, 2.45) is 17.6 Å². The number of rotatable bonds is 8. The number of phenols is 1. The molecular formula is C28H35N3O8. The number of likely N-dealkylation sites (N-methyl/N-ethyl adjacent to an activating group) is 1. The number of carbonyl (C=O) groups excluding carboxylic acids is 4. The maximum atomic E-state index is 13.9. The predicted molar refractivity (Wildman–Crippen MR) is 141 cm³/mol. The van der Waals surface area contributed by atoms with Crippen LogP contribution < -0.4 is 11.1 Å². The van der Waals surface area contributed by atoms with Crippen LogP contribution in [0, 0.1) is 11.8 Å².